The molecule has 3 N–H and O–H groups in total. The quantitative estimate of drug-likeness (QED) is 0.511. The first-order chi connectivity index (χ1) is 8.96. The third-order valence-corrected chi connectivity index (χ3v) is 2.46. The normalized spacial score (nSPS) is 14.7. The van der Waals surface area contributed by atoms with Crippen LogP contribution in [-0.4, -0.2) is 12.4 Å². The summed E-state index contributed by atoms with van der Waals surface area (Å²) in [5, 5.41) is 0. The van der Waals surface area contributed by atoms with Crippen LogP contribution in [0.4, 0.5) is 35.1 Å². The van der Waals surface area contributed by atoms with Crippen LogP contribution in [0, 0.1) is 17.6 Å². The van der Waals surface area contributed by atoms with E-state index >= 15 is 0 Å². The standard InChI is InChI=1S/C10H8F8N2/c11-5-1-4(2-6(12)3-5)7(20-19)8(9(13,14)15)10(16,17)18/h1-3,7-8,20H,19H2. The summed E-state index contributed by atoms with van der Waals surface area (Å²) in [4.78, 5) is 0. The van der Waals surface area contributed by atoms with Gasteiger partial charge in [-0.3, -0.25) is 11.3 Å². The van der Waals surface area contributed by atoms with Crippen LogP contribution in [0.5, 0.6) is 0 Å². The first-order valence-electron chi connectivity index (χ1n) is 5.02. The Labute approximate surface area is 107 Å². The van der Waals surface area contributed by atoms with Gasteiger partial charge >= 0.3 is 12.4 Å². The predicted octanol–water partition coefficient (Wildman–Crippen LogP) is 3.21. The smallest absolute Gasteiger partial charge is 0.271 e. The molecule has 0 bridgehead atoms. The van der Waals surface area contributed by atoms with Gasteiger partial charge in [-0.2, -0.15) is 26.3 Å². The van der Waals surface area contributed by atoms with Crippen molar-refractivity contribution >= 4 is 0 Å². The number of hydrogen-bond donors (Lipinski definition) is 2. The Hall–Kier alpha value is -1.42. The van der Waals surface area contributed by atoms with Crippen molar-refractivity contribution in [1.82, 2.24) is 5.43 Å². The molecule has 0 aliphatic carbocycles. The minimum atomic E-state index is -5.70. The molecular weight excluding hydrogens is 300 g/mol. The van der Waals surface area contributed by atoms with E-state index in [9.17, 15) is 35.1 Å². The molecule has 1 aromatic rings. The highest BCUT2D eigenvalue weighted by atomic mass is 19.4. The van der Waals surface area contributed by atoms with E-state index in [0.29, 0.717) is 18.2 Å². The monoisotopic (exact) mass is 308 g/mol. The topological polar surface area (TPSA) is 38.0 Å². The van der Waals surface area contributed by atoms with Crippen LogP contribution in [0.25, 0.3) is 0 Å². The molecule has 0 aliphatic rings. The van der Waals surface area contributed by atoms with Crippen molar-refractivity contribution in [2.24, 2.45) is 11.8 Å². The van der Waals surface area contributed by atoms with Crippen LogP contribution in [0.2, 0.25) is 0 Å². The van der Waals surface area contributed by atoms with E-state index in [0.717, 1.165) is 0 Å². The molecule has 0 radical (unpaired) electrons. The molecular formula is C10H8F8N2. The fourth-order valence-corrected chi connectivity index (χ4v) is 1.70. The first kappa shape index (κ1) is 16.6. The lowest BCUT2D eigenvalue weighted by Crippen LogP contribution is -2.47. The SMILES string of the molecule is NNC(c1cc(F)cc(F)c1)C(C(F)(F)F)C(F)(F)F. The minimum Gasteiger partial charge on any atom is -0.271 e. The van der Waals surface area contributed by atoms with Crippen LogP contribution in [-0.2, 0) is 0 Å². The molecule has 0 saturated carbocycles. The Morgan fingerprint density at radius 2 is 1.25 bits per heavy atom. The maximum absolute atomic E-state index is 12.9. The number of alkyl halides is 6. The zero-order valence-electron chi connectivity index (χ0n) is 9.49. The summed E-state index contributed by atoms with van der Waals surface area (Å²) in [5.41, 5.74) is 0.414. The largest absolute Gasteiger partial charge is 0.402 e. The van der Waals surface area contributed by atoms with E-state index in [2.05, 4.69) is 0 Å². The molecule has 0 fully saturated rings. The maximum Gasteiger partial charge on any atom is 0.402 e. The Balaban J connectivity index is 3.34. The van der Waals surface area contributed by atoms with Crippen molar-refractivity contribution < 1.29 is 35.1 Å². The molecule has 20 heavy (non-hydrogen) atoms. The Bertz CT molecular complexity index is 433. The van der Waals surface area contributed by atoms with Gasteiger partial charge in [0, 0.05) is 6.07 Å². The second-order valence-corrected chi connectivity index (χ2v) is 3.91. The Morgan fingerprint density at radius 1 is 0.850 bits per heavy atom. The molecule has 114 valence electrons. The molecule has 2 nitrogen and oxygen atoms in total. The summed E-state index contributed by atoms with van der Waals surface area (Å²) in [6, 6.07) is -1.57. The Morgan fingerprint density at radius 3 is 1.55 bits per heavy atom. The summed E-state index contributed by atoms with van der Waals surface area (Å²) < 4.78 is 101. The van der Waals surface area contributed by atoms with E-state index in [-0.39, 0.29) is 0 Å². The van der Waals surface area contributed by atoms with Crippen LogP contribution in [0.1, 0.15) is 11.6 Å². The number of halogens is 8. The molecule has 10 heteroatoms. The molecule has 0 spiro atoms. The number of rotatable bonds is 3. The molecule has 0 amide bonds. The summed E-state index contributed by atoms with van der Waals surface area (Å²) >= 11 is 0. The maximum atomic E-state index is 12.9. The van der Waals surface area contributed by atoms with Gasteiger partial charge in [0.1, 0.15) is 11.6 Å². The zero-order chi connectivity index (χ0) is 15.7. The average Bonchev–Trinajstić information content (AvgIpc) is 2.20. The van der Waals surface area contributed by atoms with Crippen molar-refractivity contribution in [1.29, 1.82) is 0 Å². The number of benzene rings is 1. The van der Waals surface area contributed by atoms with Crippen LogP contribution < -0.4 is 11.3 Å². The van der Waals surface area contributed by atoms with Crippen LogP contribution in [0.3, 0.4) is 0 Å². The van der Waals surface area contributed by atoms with Gasteiger partial charge in [0.25, 0.3) is 0 Å². The lowest BCUT2D eigenvalue weighted by molar-refractivity contribution is -0.293. The second kappa shape index (κ2) is 5.52. The van der Waals surface area contributed by atoms with E-state index in [1.807, 2.05) is 0 Å². The molecule has 0 saturated heterocycles. The lowest BCUT2D eigenvalue weighted by atomic mass is 9.92. The average molecular weight is 308 g/mol. The summed E-state index contributed by atoms with van der Waals surface area (Å²) in [7, 11) is 0. The molecule has 1 atom stereocenters. The van der Waals surface area contributed by atoms with Crippen LogP contribution >= 0.6 is 0 Å². The molecule has 1 aromatic carbocycles. The van der Waals surface area contributed by atoms with E-state index in [1.54, 1.807) is 0 Å². The number of hydrogen-bond acceptors (Lipinski definition) is 2. The fourth-order valence-electron chi connectivity index (χ4n) is 1.70. The van der Waals surface area contributed by atoms with E-state index < -0.39 is 41.5 Å². The van der Waals surface area contributed by atoms with Gasteiger partial charge in [0.15, 0.2) is 5.92 Å². The van der Waals surface area contributed by atoms with Crippen molar-refractivity contribution in [2.75, 3.05) is 0 Å². The third kappa shape index (κ3) is 3.79. The second-order valence-electron chi connectivity index (χ2n) is 3.91. The molecule has 1 unspecified atom stereocenters. The molecule has 0 heterocycles. The fraction of sp³-hybridized carbons (Fsp3) is 0.400. The Kier molecular flexibility index (Phi) is 4.59. The minimum absolute atomic E-state index is 0.313. The van der Waals surface area contributed by atoms with Gasteiger partial charge in [-0.05, 0) is 17.7 Å². The van der Waals surface area contributed by atoms with Crippen molar-refractivity contribution in [2.45, 2.75) is 18.4 Å². The van der Waals surface area contributed by atoms with Gasteiger partial charge in [-0.15, -0.1) is 0 Å². The number of nitrogens with one attached hydrogen (secondary N) is 1. The zero-order valence-corrected chi connectivity index (χ0v) is 9.49. The van der Waals surface area contributed by atoms with Crippen molar-refractivity contribution in [3.8, 4) is 0 Å². The van der Waals surface area contributed by atoms with Gasteiger partial charge in [-0.25, -0.2) is 8.78 Å². The van der Waals surface area contributed by atoms with E-state index in [4.69, 9.17) is 5.84 Å². The van der Waals surface area contributed by atoms with Crippen LogP contribution in [0.15, 0.2) is 18.2 Å². The van der Waals surface area contributed by atoms with Gasteiger partial charge < -0.3 is 0 Å². The van der Waals surface area contributed by atoms with E-state index in [1.165, 1.54) is 5.43 Å². The highest BCUT2D eigenvalue weighted by Crippen LogP contribution is 2.46. The summed E-state index contributed by atoms with van der Waals surface area (Å²) in [5.74, 6) is -1.83. The van der Waals surface area contributed by atoms with Crippen molar-refractivity contribution in [3.05, 3.63) is 35.4 Å². The van der Waals surface area contributed by atoms with Gasteiger partial charge in [0.05, 0.1) is 6.04 Å². The third-order valence-electron chi connectivity index (χ3n) is 2.46. The summed E-state index contributed by atoms with van der Waals surface area (Å²) in [6.07, 6.45) is -11.4. The highest BCUT2D eigenvalue weighted by Gasteiger charge is 2.60. The number of nitrogens with two attached hydrogens (primary N) is 1. The number of hydrazine groups is 1. The first-order valence-corrected chi connectivity index (χ1v) is 5.02. The predicted molar refractivity (Wildman–Crippen MR) is 52.0 cm³/mol. The summed E-state index contributed by atoms with van der Waals surface area (Å²) in [6.45, 7) is 0. The molecule has 0 aromatic heterocycles. The van der Waals surface area contributed by atoms with Gasteiger partial charge in [-0.1, -0.05) is 0 Å². The van der Waals surface area contributed by atoms with Gasteiger partial charge in [0.2, 0.25) is 0 Å². The molecule has 1 rings (SSSR count). The highest BCUT2D eigenvalue weighted by molar-refractivity contribution is 5.23. The molecule has 0 aliphatic heterocycles. The lowest BCUT2D eigenvalue weighted by Gasteiger charge is -2.30. The van der Waals surface area contributed by atoms with Crippen molar-refractivity contribution in [3.63, 3.8) is 0 Å².